The molecular weight excluding hydrogens is 550 g/mol. The zero-order valence-electron chi connectivity index (χ0n) is 24.8. The van der Waals surface area contributed by atoms with Crippen LogP contribution in [0.1, 0.15) is 77.6 Å². The summed E-state index contributed by atoms with van der Waals surface area (Å²) >= 11 is 0. The zero-order valence-corrected chi connectivity index (χ0v) is 24.8. The van der Waals surface area contributed by atoms with Crippen LogP contribution in [0, 0.1) is 0 Å². The van der Waals surface area contributed by atoms with Gasteiger partial charge in [0.2, 0.25) is 6.79 Å². The van der Waals surface area contributed by atoms with E-state index in [0.29, 0.717) is 67.2 Å². The van der Waals surface area contributed by atoms with E-state index in [1.807, 2.05) is 48.4 Å². The Morgan fingerprint density at radius 3 is 2.51 bits per heavy atom. The zero-order chi connectivity index (χ0) is 30.3. The van der Waals surface area contributed by atoms with Crippen LogP contribution in [0.25, 0.3) is 11.3 Å². The number of aromatic carboxylic acids is 1. The van der Waals surface area contributed by atoms with E-state index in [-0.39, 0.29) is 24.3 Å². The van der Waals surface area contributed by atoms with Crippen molar-refractivity contribution in [3.8, 4) is 22.8 Å². The highest BCUT2D eigenvalue weighted by molar-refractivity contribution is 6.03. The van der Waals surface area contributed by atoms with Gasteiger partial charge in [-0.1, -0.05) is 24.3 Å². The number of carbonyl (C=O) groups is 3. The number of alkyl carbamates (subject to hydrolysis) is 1. The molecule has 3 aliphatic rings. The van der Waals surface area contributed by atoms with E-state index < -0.39 is 17.7 Å². The van der Waals surface area contributed by atoms with Crippen LogP contribution in [-0.2, 0) is 30.7 Å². The summed E-state index contributed by atoms with van der Waals surface area (Å²) < 4.78 is 18.8. The number of ether oxygens (including phenoxy) is 3. The number of hydrogen-bond acceptors (Lipinski definition) is 6. The Morgan fingerprint density at radius 2 is 1.77 bits per heavy atom. The second kappa shape index (κ2) is 11.3. The van der Waals surface area contributed by atoms with Crippen LogP contribution in [0.2, 0.25) is 0 Å². The minimum atomic E-state index is -0.976. The minimum absolute atomic E-state index is 0.0507. The first-order valence-electron chi connectivity index (χ1n) is 14.8. The fraction of sp³-hybridized carbons (Fsp3) is 0.424. The highest BCUT2D eigenvalue weighted by Crippen LogP contribution is 2.42. The van der Waals surface area contributed by atoms with Crippen molar-refractivity contribution in [2.75, 3.05) is 13.3 Å². The number of benzene rings is 2. The molecule has 6 rings (SSSR count). The number of carboxylic acid groups (broad SMARTS) is 1. The monoisotopic (exact) mass is 587 g/mol. The number of rotatable bonds is 6. The molecule has 2 amide bonds. The maximum atomic E-state index is 14.6. The van der Waals surface area contributed by atoms with E-state index in [1.54, 1.807) is 18.2 Å². The maximum absolute atomic E-state index is 14.6. The third-order valence-corrected chi connectivity index (χ3v) is 8.27. The van der Waals surface area contributed by atoms with E-state index in [0.717, 1.165) is 24.1 Å². The quantitative estimate of drug-likeness (QED) is 0.396. The Bertz CT molecular complexity index is 1590. The highest BCUT2D eigenvalue weighted by Gasteiger charge is 2.34. The lowest BCUT2D eigenvalue weighted by Gasteiger charge is -2.37. The van der Waals surface area contributed by atoms with E-state index in [1.165, 1.54) is 5.56 Å². The third kappa shape index (κ3) is 5.78. The molecule has 2 N–H and O–H groups in total. The van der Waals surface area contributed by atoms with Crippen molar-refractivity contribution in [3.05, 3.63) is 70.4 Å². The van der Waals surface area contributed by atoms with Crippen molar-refractivity contribution in [1.82, 2.24) is 14.8 Å². The Morgan fingerprint density at radius 1 is 1.02 bits per heavy atom. The molecule has 0 bridgehead atoms. The van der Waals surface area contributed by atoms with Gasteiger partial charge in [-0.15, -0.1) is 0 Å². The largest absolute Gasteiger partial charge is 0.478 e. The first-order valence-corrected chi connectivity index (χ1v) is 14.8. The van der Waals surface area contributed by atoms with Gasteiger partial charge in [0.25, 0.3) is 5.91 Å². The minimum Gasteiger partial charge on any atom is -0.478 e. The van der Waals surface area contributed by atoms with Gasteiger partial charge in [-0.25, -0.2) is 9.59 Å². The van der Waals surface area contributed by atoms with Gasteiger partial charge in [-0.2, -0.15) is 0 Å². The molecule has 226 valence electrons. The van der Waals surface area contributed by atoms with Gasteiger partial charge in [0, 0.05) is 36.9 Å². The number of carboxylic acids is 1. The van der Waals surface area contributed by atoms with E-state index in [4.69, 9.17) is 14.2 Å². The van der Waals surface area contributed by atoms with E-state index >= 15 is 0 Å². The van der Waals surface area contributed by atoms with Crippen LogP contribution in [0.15, 0.2) is 42.5 Å². The molecule has 1 aromatic heterocycles. The summed E-state index contributed by atoms with van der Waals surface area (Å²) in [5.41, 5.74) is 4.42. The predicted molar refractivity (Wildman–Crippen MR) is 159 cm³/mol. The van der Waals surface area contributed by atoms with Gasteiger partial charge in [-0.3, -0.25) is 4.79 Å². The molecule has 3 aromatic rings. The lowest BCUT2D eigenvalue weighted by Crippen LogP contribution is -2.46. The summed E-state index contributed by atoms with van der Waals surface area (Å²) in [5.74, 6) is -0.155. The van der Waals surface area contributed by atoms with Gasteiger partial charge in [0.1, 0.15) is 5.60 Å². The number of hydrogen-bond donors (Lipinski definition) is 2. The Hall–Kier alpha value is -4.47. The predicted octanol–water partition coefficient (Wildman–Crippen LogP) is 5.40. The summed E-state index contributed by atoms with van der Waals surface area (Å²) in [7, 11) is 0. The molecule has 4 heterocycles. The molecule has 1 atom stereocenters. The molecule has 10 heteroatoms. The molecule has 0 saturated carbocycles. The Kier molecular flexibility index (Phi) is 7.54. The lowest BCUT2D eigenvalue weighted by atomic mass is 9.91. The number of nitrogens with zero attached hydrogens (tertiary/aromatic N) is 2. The molecule has 2 aromatic carbocycles. The van der Waals surface area contributed by atoms with Crippen molar-refractivity contribution < 1.29 is 33.7 Å². The molecule has 0 aliphatic carbocycles. The maximum Gasteiger partial charge on any atom is 0.407 e. The van der Waals surface area contributed by atoms with Crippen molar-refractivity contribution in [2.24, 2.45) is 0 Å². The molecule has 0 fully saturated rings. The first-order chi connectivity index (χ1) is 20.6. The summed E-state index contributed by atoms with van der Waals surface area (Å²) in [6, 6.07) is 13.1. The highest BCUT2D eigenvalue weighted by atomic mass is 16.7. The van der Waals surface area contributed by atoms with Crippen LogP contribution in [0.5, 0.6) is 11.5 Å². The smallest absolute Gasteiger partial charge is 0.407 e. The summed E-state index contributed by atoms with van der Waals surface area (Å²) in [6.07, 6.45) is 3.20. The second-order valence-electron chi connectivity index (χ2n) is 12.3. The topological polar surface area (TPSA) is 119 Å². The number of carbonyl (C=O) groups excluding carboxylic acids is 2. The summed E-state index contributed by atoms with van der Waals surface area (Å²) in [4.78, 5) is 41.0. The van der Waals surface area contributed by atoms with E-state index in [9.17, 15) is 19.5 Å². The standard InChI is InChI=1S/C33H37N3O7/c1-33(2,3)43-32(40)34-12-11-22-14-20-8-4-5-9-21(20)18-36(22)30(37)24-17-29-28(41-19-42-29)16-23(24)27-15-25(31(38)39)26-10-6-7-13-35(26)27/h4-5,8-9,15-17,22H,6-7,10-14,18-19H2,1-3H3,(H,34,40)(H,38,39)/t22-/m1/s1. The van der Waals surface area contributed by atoms with Gasteiger partial charge < -0.3 is 34.1 Å². The Labute approximate surface area is 250 Å². The van der Waals surface area contributed by atoms with Crippen LogP contribution in [0.4, 0.5) is 4.79 Å². The second-order valence-corrected chi connectivity index (χ2v) is 12.3. The number of fused-ring (bicyclic) bond motifs is 3. The fourth-order valence-electron chi connectivity index (χ4n) is 6.31. The molecule has 0 saturated heterocycles. The van der Waals surface area contributed by atoms with Gasteiger partial charge in [0.05, 0.1) is 16.8 Å². The Balaban J connectivity index is 1.37. The van der Waals surface area contributed by atoms with Crippen molar-refractivity contribution in [1.29, 1.82) is 0 Å². The molecule has 43 heavy (non-hydrogen) atoms. The van der Waals surface area contributed by atoms with Crippen LogP contribution in [0.3, 0.4) is 0 Å². The summed E-state index contributed by atoms with van der Waals surface area (Å²) in [5, 5.41) is 12.8. The van der Waals surface area contributed by atoms with Crippen molar-refractivity contribution >= 4 is 18.0 Å². The van der Waals surface area contributed by atoms with Gasteiger partial charge in [-0.05, 0) is 82.2 Å². The van der Waals surface area contributed by atoms with Gasteiger partial charge >= 0.3 is 12.1 Å². The lowest BCUT2D eigenvalue weighted by molar-refractivity contribution is 0.0515. The van der Waals surface area contributed by atoms with Crippen LogP contribution in [-0.4, -0.2) is 57.5 Å². The molecular formula is C33H37N3O7. The van der Waals surface area contributed by atoms with Crippen LogP contribution < -0.4 is 14.8 Å². The number of nitrogens with one attached hydrogen (secondary N) is 1. The normalized spacial score (nSPS) is 17.2. The SMILES string of the molecule is CC(C)(C)OC(=O)NCC[C@@H]1Cc2ccccc2CN1C(=O)c1cc2c(cc1-c1cc(C(=O)O)c3n1CCCC3)OCO2. The molecule has 3 aliphatic heterocycles. The molecule has 0 unspecified atom stereocenters. The van der Waals surface area contributed by atoms with Gasteiger partial charge in [0.15, 0.2) is 11.5 Å². The van der Waals surface area contributed by atoms with Crippen LogP contribution >= 0.6 is 0 Å². The van der Waals surface area contributed by atoms with E-state index in [2.05, 4.69) is 11.4 Å². The average Bonchev–Trinajstić information content (AvgIpc) is 3.59. The fourth-order valence-corrected chi connectivity index (χ4v) is 6.31. The van der Waals surface area contributed by atoms with Crippen molar-refractivity contribution in [2.45, 2.75) is 77.6 Å². The third-order valence-electron chi connectivity index (χ3n) is 8.27. The number of aromatic nitrogens is 1. The van der Waals surface area contributed by atoms with Crippen molar-refractivity contribution in [3.63, 3.8) is 0 Å². The summed E-state index contributed by atoms with van der Waals surface area (Å²) in [6.45, 7) is 6.92. The average molecular weight is 588 g/mol. The molecule has 10 nitrogen and oxygen atoms in total. The molecule has 0 radical (unpaired) electrons. The molecule has 0 spiro atoms. The first kappa shape index (κ1) is 28.6. The number of amides is 2.